The van der Waals surface area contributed by atoms with Crippen molar-refractivity contribution < 1.29 is 0 Å². The largest absolute Gasteiger partial charge is 0.316 e. The molecule has 15 heavy (non-hydrogen) atoms. The maximum absolute atomic E-state index is 3.39. The molecule has 1 aromatic rings. The van der Waals surface area contributed by atoms with Crippen molar-refractivity contribution in [3.63, 3.8) is 0 Å². The van der Waals surface area contributed by atoms with Gasteiger partial charge in [0, 0.05) is 6.04 Å². The van der Waals surface area contributed by atoms with E-state index < -0.39 is 0 Å². The van der Waals surface area contributed by atoms with Gasteiger partial charge in [0.25, 0.3) is 0 Å². The standard InChI is InChI=1S/C14H23N/c1-10(2)14(15-5)9-13-7-6-11(3)8-12(13)4/h6-8,10,14-15H,9H2,1-5H3. The summed E-state index contributed by atoms with van der Waals surface area (Å²) < 4.78 is 0. The summed E-state index contributed by atoms with van der Waals surface area (Å²) in [6.45, 7) is 8.89. The molecule has 0 heterocycles. The van der Waals surface area contributed by atoms with Gasteiger partial charge in [-0.2, -0.15) is 0 Å². The topological polar surface area (TPSA) is 12.0 Å². The molecule has 1 aromatic carbocycles. The quantitative estimate of drug-likeness (QED) is 0.796. The Balaban J connectivity index is 2.79. The van der Waals surface area contributed by atoms with Crippen LogP contribution in [0.1, 0.15) is 30.5 Å². The number of nitrogens with one attached hydrogen (secondary N) is 1. The first-order chi connectivity index (χ1) is 7.04. The SMILES string of the molecule is CNC(Cc1ccc(C)cc1C)C(C)C. The summed E-state index contributed by atoms with van der Waals surface area (Å²) in [5.74, 6) is 0.677. The molecule has 0 amide bonds. The van der Waals surface area contributed by atoms with Gasteiger partial charge in [0.1, 0.15) is 0 Å². The maximum atomic E-state index is 3.39. The fourth-order valence-electron chi connectivity index (χ4n) is 1.98. The van der Waals surface area contributed by atoms with Gasteiger partial charge < -0.3 is 5.32 Å². The molecule has 0 aromatic heterocycles. The summed E-state index contributed by atoms with van der Waals surface area (Å²) in [7, 11) is 2.05. The molecule has 0 aliphatic rings. The van der Waals surface area contributed by atoms with E-state index >= 15 is 0 Å². The van der Waals surface area contributed by atoms with Gasteiger partial charge in [-0.1, -0.05) is 37.6 Å². The third-order valence-electron chi connectivity index (χ3n) is 3.11. The van der Waals surface area contributed by atoms with Crippen LogP contribution in [0.25, 0.3) is 0 Å². The lowest BCUT2D eigenvalue weighted by Gasteiger charge is -2.21. The Morgan fingerprint density at radius 2 is 1.87 bits per heavy atom. The van der Waals surface area contributed by atoms with Gasteiger partial charge in [-0.15, -0.1) is 0 Å². The van der Waals surface area contributed by atoms with Gasteiger partial charge in [-0.3, -0.25) is 0 Å². The lowest BCUT2D eigenvalue weighted by atomic mass is 9.93. The highest BCUT2D eigenvalue weighted by molar-refractivity contribution is 5.31. The minimum Gasteiger partial charge on any atom is -0.316 e. The Morgan fingerprint density at radius 3 is 2.33 bits per heavy atom. The fraction of sp³-hybridized carbons (Fsp3) is 0.571. The van der Waals surface area contributed by atoms with Crippen LogP contribution in [0.4, 0.5) is 0 Å². The van der Waals surface area contributed by atoms with Gasteiger partial charge >= 0.3 is 0 Å². The van der Waals surface area contributed by atoms with Gasteiger partial charge in [0.05, 0.1) is 0 Å². The van der Waals surface area contributed by atoms with E-state index in [1.54, 1.807) is 0 Å². The van der Waals surface area contributed by atoms with Gasteiger partial charge in [0.15, 0.2) is 0 Å². The van der Waals surface area contributed by atoms with Crippen molar-refractivity contribution in [2.45, 2.75) is 40.2 Å². The van der Waals surface area contributed by atoms with Crippen molar-refractivity contribution in [2.75, 3.05) is 7.05 Å². The highest BCUT2D eigenvalue weighted by Gasteiger charge is 2.12. The van der Waals surface area contributed by atoms with Crippen molar-refractivity contribution in [1.29, 1.82) is 0 Å². The van der Waals surface area contributed by atoms with Crippen molar-refractivity contribution in [1.82, 2.24) is 5.32 Å². The van der Waals surface area contributed by atoms with Crippen LogP contribution in [0, 0.1) is 19.8 Å². The Bertz CT molecular complexity index is 315. The summed E-state index contributed by atoms with van der Waals surface area (Å²) in [6, 6.07) is 7.31. The van der Waals surface area contributed by atoms with E-state index in [1.165, 1.54) is 16.7 Å². The van der Waals surface area contributed by atoms with Crippen LogP contribution in [0.15, 0.2) is 18.2 Å². The van der Waals surface area contributed by atoms with Crippen LogP contribution in [0.5, 0.6) is 0 Å². The lowest BCUT2D eigenvalue weighted by Crippen LogP contribution is -2.32. The molecule has 0 radical (unpaired) electrons. The van der Waals surface area contributed by atoms with E-state index in [2.05, 4.69) is 51.2 Å². The smallest absolute Gasteiger partial charge is 0.0128 e. The van der Waals surface area contributed by atoms with E-state index in [0.717, 1.165) is 6.42 Å². The van der Waals surface area contributed by atoms with Gasteiger partial charge in [-0.25, -0.2) is 0 Å². The Labute approximate surface area is 93.9 Å². The van der Waals surface area contributed by atoms with E-state index in [-0.39, 0.29) is 0 Å². The third-order valence-corrected chi connectivity index (χ3v) is 3.11. The number of benzene rings is 1. The normalized spacial score (nSPS) is 13.2. The number of aryl methyl sites for hydroxylation is 2. The van der Waals surface area contributed by atoms with E-state index in [4.69, 9.17) is 0 Å². The minimum atomic E-state index is 0.575. The number of rotatable bonds is 4. The molecule has 1 nitrogen and oxygen atoms in total. The molecule has 1 atom stereocenters. The Kier molecular flexibility index (Phi) is 4.34. The highest BCUT2D eigenvalue weighted by atomic mass is 14.9. The van der Waals surface area contributed by atoms with E-state index in [9.17, 15) is 0 Å². The molecule has 84 valence electrons. The van der Waals surface area contributed by atoms with Crippen LogP contribution in [0.2, 0.25) is 0 Å². The van der Waals surface area contributed by atoms with Gasteiger partial charge in [-0.05, 0) is 44.4 Å². The molecule has 0 spiro atoms. The summed E-state index contributed by atoms with van der Waals surface area (Å²) in [4.78, 5) is 0. The zero-order valence-corrected chi connectivity index (χ0v) is 10.6. The minimum absolute atomic E-state index is 0.575. The predicted molar refractivity (Wildman–Crippen MR) is 67.3 cm³/mol. The molecule has 1 N–H and O–H groups in total. The Morgan fingerprint density at radius 1 is 1.20 bits per heavy atom. The zero-order chi connectivity index (χ0) is 11.4. The van der Waals surface area contributed by atoms with Crippen molar-refractivity contribution in [3.8, 4) is 0 Å². The van der Waals surface area contributed by atoms with Crippen LogP contribution in [-0.4, -0.2) is 13.1 Å². The molecule has 0 saturated carbocycles. The average molecular weight is 205 g/mol. The van der Waals surface area contributed by atoms with Crippen LogP contribution >= 0.6 is 0 Å². The molecule has 0 aliphatic heterocycles. The maximum Gasteiger partial charge on any atom is 0.0128 e. The predicted octanol–water partition coefficient (Wildman–Crippen LogP) is 3.09. The Hall–Kier alpha value is -0.820. The van der Waals surface area contributed by atoms with Crippen molar-refractivity contribution in [2.24, 2.45) is 5.92 Å². The second-order valence-corrected chi connectivity index (χ2v) is 4.77. The van der Waals surface area contributed by atoms with Crippen LogP contribution in [-0.2, 0) is 6.42 Å². The number of hydrogen-bond acceptors (Lipinski definition) is 1. The second-order valence-electron chi connectivity index (χ2n) is 4.77. The second kappa shape index (κ2) is 5.32. The molecule has 1 heteroatoms. The first-order valence-electron chi connectivity index (χ1n) is 5.78. The van der Waals surface area contributed by atoms with Crippen LogP contribution in [0.3, 0.4) is 0 Å². The molecule has 1 unspecified atom stereocenters. The number of likely N-dealkylation sites (N-methyl/N-ethyl adjacent to an activating group) is 1. The van der Waals surface area contributed by atoms with E-state index in [1.807, 2.05) is 7.05 Å². The molecule has 0 aliphatic carbocycles. The van der Waals surface area contributed by atoms with Crippen LogP contribution < -0.4 is 5.32 Å². The third kappa shape index (κ3) is 3.35. The fourth-order valence-corrected chi connectivity index (χ4v) is 1.98. The lowest BCUT2D eigenvalue weighted by molar-refractivity contribution is 0.424. The molecular weight excluding hydrogens is 182 g/mol. The van der Waals surface area contributed by atoms with E-state index in [0.29, 0.717) is 12.0 Å². The molecule has 0 fully saturated rings. The first kappa shape index (κ1) is 12.3. The molecular formula is C14H23N. The monoisotopic (exact) mass is 205 g/mol. The van der Waals surface area contributed by atoms with Crippen molar-refractivity contribution >= 4 is 0 Å². The highest BCUT2D eigenvalue weighted by Crippen LogP contribution is 2.15. The average Bonchev–Trinajstić information content (AvgIpc) is 2.16. The zero-order valence-electron chi connectivity index (χ0n) is 10.6. The summed E-state index contributed by atoms with van der Waals surface area (Å²) in [6.07, 6.45) is 1.13. The summed E-state index contributed by atoms with van der Waals surface area (Å²) in [5.41, 5.74) is 4.23. The summed E-state index contributed by atoms with van der Waals surface area (Å²) in [5, 5.41) is 3.39. The van der Waals surface area contributed by atoms with Crippen molar-refractivity contribution in [3.05, 3.63) is 34.9 Å². The molecule has 0 bridgehead atoms. The molecule has 1 rings (SSSR count). The first-order valence-corrected chi connectivity index (χ1v) is 5.78. The molecule has 0 saturated heterocycles. The summed E-state index contributed by atoms with van der Waals surface area (Å²) >= 11 is 0. The van der Waals surface area contributed by atoms with Gasteiger partial charge in [0.2, 0.25) is 0 Å². The number of hydrogen-bond donors (Lipinski definition) is 1.